The first-order valence-electron chi connectivity index (χ1n) is 35.5. The van der Waals surface area contributed by atoms with Gasteiger partial charge in [-0.05, 0) is 201 Å². The van der Waals surface area contributed by atoms with Crippen LogP contribution in [-0.2, 0) is 43.1 Å². The second-order valence-electron chi connectivity index (χ2n) is 28.6. The molecule has 0 bridgehead atoms. The van der Waals surface area contributed by atoms with E-state index in [1.54, 1.807) is 100.0 Å². The molecular formula is C73H98N24O11. The molecule has 8 amide bonds. The average molecular weight is 1490 g/mol. The molecule has 0 saturated carbocycles. The van der Waals surface area contributed by atoms with Crippen LogP contribution in [0, 0.1) is 51.4 Å². The summed E-state index contributed by atoms with van der Waals surface area (Å²) in [5.74, 6) is -3.14. The molecule has 8 atom stereocenters. The molecule has 0 unspecified atom stereocenters. The van der Waals surface area contributed by atoms with Crippen molar-refractivity contribution in [1.29, 1.82) is 0 Å². The molecular weight excluding hydrogens is 1390 g/mol. The molecule has 8 aromatic heterocycles. The summed E-state index contributed by atoms with van der Waals surface area (Å²) in [5, 5.41) is 52.0. The van der Waals surface area contributed by atoms with Gasteiger partial charge in [0.05, 0.1) is 88.4 Å². The van der Waals surface area contributed by atoms with Crippen molar-refractivity contribution in [2.75, 3.05) is 70.0 Å². The van der Waals surface area contributed by atoms with Crippen LogP contribution >= 0.6 is 0 Å². The molecule has 4 saturated heterocycles. The third-order valence-electron chi connectivity index (χ3n) is 18.3. The lowest BCUT2D eigenvalue weighted by atomic mass is 9.92. The number of piperidine rings is 4. The second-order valence-corrected chi connectivity index (χ2v) is 28.6. The van der Waals surface area contributed by atoms with Crippen LogP contribution in [0.1, 0.15) is 169 Å². The van der Waals surface area contributed by atoms with Gasteiger partial charge in [0.2, 0.25) is 0 Å². The summed E-state index contributed by atoms with van der Waals surface area (Å²) in [6, 6.07) is 14.1. The number of aryl methyl sites for hydroxylation is 4. The van der Waals surface area contributed by atoms with Gasteiger partial charge in [0, 0.05) is 50.5 Å². The summed E-state index contributed by atoms with van der Waals surface area (Å²) >= 11 is 0. The molecule has 4 aliphatic heterocycles. The molecule has 0 aliphatic carbocycles. The quantitative estimate of drug-likeness (QED) is 0.0606. The molecule has 576 valence electrons. The second kappa shape index (κ2) is 37.7. The van der Waals surface area contributed by atoms with Crippen molar-refractivity contribution in [3.8, 4) is 0 Å². The smallest absolute Gasteiger partial charge is 0.413 e. The van der Waals surface area contributed by atoms with E-state index < -0.39 is 59.0 Å². The maximum Gasteiger partial charge on any atom is 0.413 e. The number of amides is 8. The molecule has 35 heteroatoms. The van der Waals surface area contributed by atoms with Gasteiger partial charge in [-0.2, -0.15) is 20.4 Å². The zero-order valence-electron chi connectivity index (χ0n) is 62.5. The highest BCUT2D eigenvalue weighted by Crippen LogP contribution is 2.36. The number of aromatic nitrogens is 12. The van der Waals surface area contributed by atoms with Gasteiger partial charge < -0.3 is 68.3 Å². The molecule has 12 heterocycles. The number of anilines is 8. The fourth-order valence-electron chi connectivity index (χ4n) is 12.4. The number of aromatic amines is 4. The third kappa shape index (κ3) is 23.4. The number of H-pyrrole nitrogens is 4. The number of ether oxygens (including phenoxy) is 1. The van der Waals surface area contributed by atoms with Crippen molar-refractivity contribution in [3.63, 3.8) is 0 Å². The number of nitrogen functional groups attached to an aromatic ring is 3. The lowest BCUT2D eigenvalue weighted by molar-refractivity contribution is -0.147. The zero-order valence-corrected chi connectivity index (χ0v) is 62.5. The first-order chi connectivity index (χ1) is 51.3. The molecule has 4 aliphatic rings. The number of carbonyl (C=O) groups excluding carboxylic acids is 8. The Morgan fingerprint density at radius 2 is 0.769 bits per heavy atom. The number of nitrogens with one attached hydrogen (secondary N) is 10. The highest BCUT2D eigenvalue weighted by molar-refractivity contribution is 6.41. The van der Waals surface area contributed by atoms with Crippen molar-refractivity contribution < 1.29 is 53.0 Å². The van der Waals surface area contributed by atoms with E-state index in [9.17, 15) is 43.2 Å². The van der Waals surface area contributed by atoms with Crippen molar-refractivity contribution in [3.05, 3.63) is 143 Å². The molecule has 0 aromatic carbocycles. The topological polar surface area (TPSA) is 509 Å². The Kier molecular flexibility index (Phi) is 28.4. The van der Waals surface area contributed by atoms with Gasteiger partial charge in [-0.1, -0.05) is 27.7 Å². The van der Waals surface area contributed by atoms with E-state index in [4.69, 9.17) is 27.0 Å². The molecule has 8 aromatic rings. The molecule has 0 spiro atoms. The number of carboxylic acid groups (broad SMARTS) is 1. The van der Waals surface area contributed by atoms with Gasteiger partial charge in [-0.3, -0.25) is 59.3 Å². The highest BCUT2D eigenvalue weighted by Gasteiger charge is 2.38. The Hall–Kier alpha value is -12.2. The van der Waals surface area contributed by atoms with Crippen molar-refractivity contribution in [2.45, 2.75) is 157 Å². The summed E-state index contributed by atoms with van der Waals surface area (Å²) in [6.07, 6.45) is 19.6. The van der Waals surface area contributed by atoms with Crippen LogP contribution in [0.2, 0.25) is 0 Å². The van der Waals surface area contributed by atoms with Crippen LogP contribution in [0.4, 0.5) is 50.8 Å². The van der Waals surface area contributed by atoms with E-state index in [1.165, 1.54) is 49.4 Å². The van der Waals surface area contributed by atoms with E-state index in [-0.39, 0.29) is 29.6 Å². The van der Waals surface area contributed by atoms with E-state index in [2.05, 4.69) is 120 Å². The molecule has 12 rings (SSSR count). The monoisotopic (exact) mass is 1490 g/mol. The summed E-state index contributed by atoms with van der Waals surface area (Å²) in [4.78, 5) is 129. The number of nitrogens with two attached hydrogens (primary N) is 3. The SMILES string of the molecule is C[C@H]1CC[C@H](c2ccn[nH]2)NC1.Cc1cc(NC(=O)C(=O)N2C[C@@H](C)CC[C@@H]2c2ccn[nH]2)cnc1N.Cc1cc(NC(=O)C(=O)N2C[C@H](C)CC[C@H]2c2ccn[nH]2)cnc1N.Cc1cc(NC(=O)C(=O)N2C[C@H](C)CC[C@H]2c2ccn[nH]2)cnc1N.Cc1cc(NC(=O)C(=O)O)cnc1NC(=O)OC(C)(C)C. The lowest BCUT2D eigenvalue weighted by Crippen LogP contribution is -2.46. The van der Waals surface area contributed by atoms with Crippen LogP contribution in [0.5, 0.6) is 0 Å². The number of aliphatic carboxylic acids is 1. The molecule has 0 radical (unpaired) electrons. The summed E-state index contributed by atoms with van der Waals surface area (Å²) in [6.45, 7) is 23.5. The molecule has 108 heavy (non-hydrogen) atoms. The number of carboxylic acids is 1. The van der Waals surface area contributed by atoms with Gasteiger partial charge in [-0.15, -0.1) is 0 Å². The maximum atomic E-state index is 12.7. The number of likely N-dealkylation sites (tertiary alicyclic amines) is 3. The standard InChI is InChI=1S/3C17H22N6O2.C13H17N3O5.C9H15N3/c3*1-10-3-4-14(13-5-6-20-22-13)23(9-10)17(25)16(24)21-12-7-11(2)15(18)19-8-12;1-7-5-8(15-10(17)11(18)19)6-14-9(7)16-12(20)21-13(2,3)4;1-7-2-3-8(10-6-7)9-4-5-11-12-9/h3*5-8,10,14H,3-4,9H2,1-2H3,(H2,18,19)(H,20,22)(H,21,24);5-6H,1-4H3,(H,15,17)(H,18,19)(H,14,16,20);4-5,7-8,10H,2-3,6H2,1H3,(H,11,12)/t3*10-,14+;;7-,8+/m110.0/s1. The van der Waals surface area contributed by atoms with E-state index in [0.717, 1.165) is 84.8 Å². The molecule has 35 nitrogen and oxygen atoms in total. The molecule has 17 N–H and O–H groups in total. The number of carbonyl (C=O) groups is 9. The van der Waals surface area contributed by atoms with Crippen LogP contribution in [0.15, 0.2) is 98.1 Å². The number of hydrogen-bond donors (Lipinski definition) is 14. The largest absolute Gasteiger partial charge is 0.474 e. The summed E-state index contributed by atoms with van der Waals surface area (Å²) < 4.78 is 5.09. The normalized spacial score (nSPS) is 19.6. The first kappa shape index (κ1) is 81.5. The van der Waals surface area contributed by atoms with Gasteiger partial charge in [-0.25, -0.2) is 29.5 Å². The van der Waals surface area contributed by atoms with Crippen molar-refractivity contribution >= 4 is 99.4 Å². The summed E-state index contributed by atoms with van der Waals surface area (Å²) in [7, 11) is 0. The molecule has 4 fully saturated rings. The van der Waals surface area contributed by atoms with Crippen LogP contribution in [0.3, 0.4) is 0 Å². The Morgan fingerprint density at radius 3 is 1.06 bits per heavy atom. The van der Waals surface area contributed by atoms with Crippen LogP contribution in [-0.4, -0.2) is 166 Å². The van der Waals surface area contributed by atoms with E-state index >= 15 is 0 Å². The van der Waals surface area contributed by atoms with Gasteiger partial charge in [0.1, 0.15) is 28.9 Å². The number of rotatable bonds is 9. The number of nitrogens with zero attached hydrogens (tertiary/aromatic N) is 11. The predicted octanol–water partition coefficient (Wildman–Crippen LogP) is 8.13. The van der Waals surface area contributed by atoms with Crippen molar-refractivity contribution in [1.82, 2.24) is 80.7 Å². The number of pyridine rings is 4. The Labute approximate surface area is 624 Å². The van der Waals surface area contributed by atoms with E-state index in [0.29, 0.717) is 83.5 Å². The van der Waals surface area contributed by atoms with Gasteiger partial charge in [0.15, 0.2) is 0 Å². The highest BCUT2D eigenvalue weighted by atomic mass is 16.6. The number of hydrogen-bond acceptors (Lipinski definition) is 22. The van der Waals surface area contributed by atoms with Crippen LogP contribution < -0.4 is 49.1 Å². The maximum absolute atomic E-state index is 12.7. The van der Waals surface area contributed by atoms with Gasteiger partial charge in [0.25, 0.3) is 0 Å². The Bertz CT molecular complexity index is 4050. The minimum Gasteiger partial charge on any atom is -0.474 e. The predicted molar refractivity (Wildman–Crippen MR) is 403 cm³/mol. The van der Waals surface area contributed by atoms with Gasteiger partial charge >= 0.3 is 53.4 Å². The van der Waals surface area contributed by atoms with Crippen molar-refractivity contribution in [2.24, 2.45) is 23.7 Å². The Morgan fingerprint density at radius 1 is 0.444 bits per heavy atom. The fourth-order valence-corrected chi connectivity index (χ4v) is 12.4. The Balaban J connectivity index is 0.000000173. The lowest BCUT2D eigenvalue weighted by Gasteiger charge is -2.37. The van der Waals surface area contributed by atoms with E-state index in [1.807, 2.05) is 30.5 Å². The third-order valence-corrected chi connectivity index (χ3v) is 18.3. The van der Waals surface area contributed by atoms with Crippen LogP contribution in [0.25, 0.3) is 0 Å². The minimum atomic E-state index is -1.59. The average Bonchev–Trinajstić information content (AvgIpc) is 1.33. The fraction of sp³-hybridized carbons (Fsp3) is 0.438. The first-order valence-corrected chi connectivity index (χ1v) is 35.5. The summed E-state index contributed by atoms with van der Waals surface area (Å²) in [5.41, 5.74) is 24.5. The zero-order chi connectivity index (χ0) is 78.5. The minimum absolute atomic E-state index is 0.164.